The first-order valence-corrected chi connectivity index (χ1v) is 54.8. The van der Waals surface area contributed by atoms with Crippen LogP contribution in [-0.2, 0) is 0 Å². The Balaban J connectivity index is 0.000000137. The fraction of sp³-hybridized carbons (Fsp3) is 0. The molecular formula is C138H80O10Si2. The normalized spacial score (nSPS) is 12.4. The lowest BCUT2D eigenvalue weighted by molar-refractivity contribution is 0.664. The minimum absolute atomic E-state index is 0.804. The molecule has 0 fully saturated rings. The third-order valence-electron chi connectivity index (χ3n) is 31.6. The van der Waals surface area contributed by atoms with Gasteiger partial charge in [0.05, 0.1) is 0 Å². The van der Waals surface area contributed by atoms with Crippen molar-refractivity contribution in [1.29, 1.82) is 0 Å². The van der Waals surface area contributed by atoms with E-state index >= 15 is 0 Å². The van der Waals surface area contributed by atoms with Crippen molar-refractivity contribution < 1.29 is 44.2 Å². The van der Waals surface area contributed by atoms with Crippen molar-refractivity contribution in [1.82, 2.24) is 0 Å². The first-order chi connectivity index (χ1) is 74.2. The maximum absolute atomic E-state index is 6.87. The summed E-state index contributed by atoms with van der Waals surface area (Å²) in [4.78, 5) is 0. The van der Waals surface area contributed by atoms with E-state index in [2.05, 4.69) is 455 Å². The maximum atomic E-state index is 6.87. The van der Waals surface area contributed by atoms with E-state index in [0.717, 1.165) is 264 Å². The number of hydrogen-bond donors (Lipinski definition) is 0. The molecule has 33 aromatic rings. The second-order valence-electron chi connectivity index (χ2n) is 39.8. The smallest absolute Gasteiger partial charge is 0.179 e. The van der Waals surface area contributed by atoms with Crippen molar-refractivity contribution in [2.24, 2.45) is 0 Å². The molecule has 0 saturated heterocycles. The van der Waals surface area contributed by atoms with E-state index in [0.29, 0.717) is 0 Å². The third kappa shape index (κ3) is 12.9. The van der Waals surface area contributed by atoms with Gasteiger partial charge in [0.15, 0.2) is 16.1 Å². The molecule has 700 valence electrons. The summed E-state index contributed by atoms with van der Waals surface area (Å²) in [7, 11) is -6.41. The lowest BCUT2D eigenvalue weighted by Crippen LogP contribution is -2.74. The number of fused-ring (bicyclic) bond motifs is 30. The van der Waals surface area contributed by atoms with Crippen LogP contribution in [0.2, 0.25) is 0 Å². The lowest BCUT2D eigenvalue weighted by Gasteiger charge is -2.34. The zero-order valence-corrected chi connectivity index (χ0v) is 82.3. The largest absolute Gasteiger partial charge is 0.456 e. The van der Waals surface area contributed by atoms with E-state index in [1.165, 1.54) is 52.6 Å². The molecule has 0 spiro atoms. The molecule has 0 aliphatic heterocycles. The van der Waals surface area contributed by atoms with Crippen molar-refractivity contribution in [3.8, 4) is 55.6 Å². The minimum Gasteiger partial charge on any atom is -0.456 e. The van der Waals surface area contributed by atoms with E-state index in [-0.39, 0.29) is 0 Å². The highest BCUT2D eigenvalue weighted by atomic mass is 28.3. The number of rotatable bonds is 13. The summed E-state index contributed by atoms with van der Waals surface area (Å²) in [5.74, 6) is 0. The summed E-state index contributed by atoms with van der Waals surface area (Å²) in [6, 6.07) is 174. The molecule has 0 aliphatic rings. The SMILES string of the molecule is c1ccc(-c2ccc3oc4cc5c(cc4c3c2)oc2ccc([Si](c3ccccc3)(c3ccc4oc6cc7c(cc6c4c3)oc3ccc(-c4ccccc4)cc37)c3ccc4oc6cc7c(cc6c4c3)oc3ccc(-c4ccccc4)cc37)cc25)cc1.c1ccc(-c2ccc3oc4cc5c(cc4c3c2)oc2ccc([Si](c3ccccc3)(c3ccccc3)c3ccc4oc6cc7c(cc6c4c3)oc3ccc(-c4ccccc4)cc37)cc25)cc1. The summed E-state index contributed by atoms with van der Waals surface area (Å²) in [6.45, 7) is 0. The summed E-state index contributed by atoms with van der Waals surface area (Å²) in [5.41, 5.74) is 28.1. The molecule has 12 heteroatoms. The van der Waals surface area contributed by atoms with Gasteiger partial charge in [0.2, 0.25) is 0 Å². The van der Waals surface area contributed by atoms with Crippen LogP contribution < -0.4 is 41.5 Å². The zero-order valence-electron chi connectivity index (χ0n) is 80.3. The fourth-order valence-corrected chi connectivity index (χ4v) is 34.1. The summed E-state index contributed by atoms with van der Waals surface area (Å²) in [6.07, 6.45) is 0. The Morgan fingerprint density at radius 2 is 0.213 bits per heavy atom. The first-order valence-electron chi connectivity index (χ1n) is 50.8. The Morgan fingerprint density at radius 1 is 0.0867 bits per heavy atom. The lowest BCUT2D eigenvalue weighted by atomic mass is 10.0. The molecule has 150 heavy (non-hydrogen) atoms. The molecule has 23 aromatic carbocycles. The van der Waals surface area contributed by atoms with Gasteiger partial charge in [0.25, 0.3) is 0 Å². The Labute approximate surface area is 855 Å². The average molecular weight is 1950 g/mol. The van der Waals surface area contributed by atoms with Crippen molar-refractivity contribution >= 4 is 277 Å². The average Bonchev–Trinajstić information content (AvgIpc) is 1.41. The summed E-state index contributed by atoms with van der Waals surface area (Å²) >= 11 is 0. The van der Waals surface area contributed by atoms with Gasteiger partial charge in [-0.1, -0.05) is 334 Å². The molecule has 0 N–H and O–H groups in total. The van der Waals surface area contributed by atoms with Crippen molar-refractivity contribution in [3.63, 3.8) is 0 Å². The number of furan rings is 10. The Morgan fingerprint density at radius 3 is 0.373 bits per heavy atom. The molecule has 0 amide bonds. The van der Waals surface area contributed by atoms with Gasteiger partial charge in [0.1, 0.15) is 112 Å². The molecule has 10 aromatic heterocycles. The van der Waals surface area contributed by atoms with Crippen molar-refractivity contribution in [2.75, 3.05) is 0 Å². The molecule has 0 aliphatic carbocycles. The number of benzene rings is 23. The van der Waals surface area contributed by atoms with Crippen LogP contribution in [0.5, 0.6) is 0 Å². The highest BCUT2D eigenvalue weighted by molar-refractivity contribution is 7.20. The third-order valence-corrected chi connectivity index (χ3v) is 41.1. The molecule has 0 atom stereocenters. The van der Waals surface area contributed by atoms with Crippen LogP contribution in [-0.4, -0.2) is 16.1 Å². The van der Waals surface area contributed by atoms with E-state index in [1.807, 2.05) is 30.3 Å². The van der Waals surface area contributed by atoms with Gasteiger partial charge in [-0.25, -0.2) is 0 Å². The topological polar surface area (TPSA) is 131 Å². The van der Waals surface area contributed by atoms with E-state index in [9.17, 15) is 0 Å². The van der Waals surface area contributed by atoms with Crippen LogP contribution in [0.1, 0.15) is 0 Å². The minimum atomic E-state index is -3.39. The number of hydrogen-bond acceptors (Lipinski definition) is 10. The van der Waals surface area contributed by atoms with Gasteiger partial charge in [-0.05, 0) is 249 Å². The highest BCUT2D eigenvalue weighted by Gasteiger charge is 2.45. The van der Waals surface area contributed by atoms with E-state index < -0.39 is 16.1 Å². The van der Waals surface area contributed by atoms with E-state index in [1.54, 1.807) is 0 Å². The van der Waals surface area contributed by atoms with Crippen LogP contribution >= 0.6 is 0 Å². The predicted octanol–water partition coefficient (Wildman–Crippen LogP) is 33.5. The molecule has 0 radical (unpaired) electrons. The molecule has 33 rings (SSSR count). The molecule has 0 saturated carbocycles. The standard InChI is InChI=1S/C78H44O6Si.C60H36O4Si/c1-5-13-45(14-6-1)48-21-27-67-55(33-48)61-39-76-64(42-73(61)79-67)58-36-52(24-30-70(58)82-76)85(51-19-11-4-12-20-51,53-25-31-71-59(37-53)65-43-74-62(40-77(65)83-71)56-34-49(22-28-68(56)80-74)46-15-7-2-8-16-46)54-26-32-72-60(38-54)66-44-75-63(41-78(66)84-72)57-35-50(23-29-69(57)81-75)47-17-9-3-10-18-47;1-5-13-37(14-6-1)39-21-25-53-45(29-39)49-33-59-51(35-57(49)61-53)47-31-43(23-27-55(47)63-59)65(41-17-9-3-10-18-41,42-19-11-4-12-20-42)44-24-28-56-48(32-44)52-36-58-50(34-60(52)64-56)46-30-40(22-26-54(46)62-58)38-15-7-2-8-16-38/h1-44H;1-36H. The second kappa shape index (κ2) is 32.5. The Bertz CT molecular complexity index is 10600. The molecule has 10 heterocycles. The van der Waals surface area contributed by atoms with Crippen LogP contribution in [0, 0.1) is 0 Å². The molecule has 0 bridgehead atoms. The first kappa shape index (κ1) is 83.9. The second-order valence-corrected chi connectivity index (χ2v) is 47.4. The molecular weight excluding hydrogens is 1870 g/mol. The fourth-order valence-electron chi connectivity index (χ4n) is 24.5. The van der Waals surface area contributed by atoms with Crippen LogP contribution in [0.4, 0.5) is 0 Å². The highest BCUT2D eigenvalue weighted by Crippen LogP contribution is 2.47. The van der Waals surface area contributed by atoms with Crippen LogP contribution in [0.3, 0.4) is 0 Å². The molecule has 10 nitrogen and oxygen atoms in total. The summed E-state index contributed by atoms with van der Waals surface area (Å²) in [5, 5.41) is 30.5. The molecule has 0 unspecified atom stereocenters. The summed E-state index contributed by atoms with van der Waals surface area (Å²) < 4.78 is 67.2. The van der Waals surface area contributed by atoms with E-state index in [4.69, 9.17) is 44.2 Å². The van der Waals surface area contributed by atoms with Crippen molar-refractivity contribution in [2.45, 2.75) is 0 Å². The quantitative estimate of drug-likeness (QED) is 0.0812. The van der Waals surface area contributed by atoms with Gasteiger partial charge < -0.3 is 44.2 Å². The van der Waals surface area contributed by atoms with Crippen LogP contribution in [0.15, 0.2) is 529 Å². The van der Waals surface area contributed by atoms with Gasteiger partial charge >= 0.3 is 0 Å². The maximum Gasteiger partial charge on any atom is 0.179 e. The monoisotopic (exact) mass is 1950 g/mol. The van der Waals surface area contributed by atoms with Gasteiger partial charge in [-0.2, -0.15) is 0 Å². The zero-order chi connectivity index (χ0) is 98.1. The predicted molar refractivity (Wildman–Crippen MR) is 620 cm³/mol. The Hall–Kier alpha value is -19.5. The van der Waals surface area contributed by atoms with Gasteiger partial charge in [-0.3, -0.25) is 0 Å². The van der Waals surface area contributed by atoms with Gasteiger partial charge in [-0.15, -0.1) is 0 Å². The van der Waals surface area contributed by atoms with Gasteiger partial charge in [0, 0.05) is 108 Å². The van der Waals surface area contributed by atoms with Crippen LogP contribution in [0.25, 0.3) is 275 Å². The van der Waals surface area contributed by atoms with Crippen molar-refractivity contribution in [3.05, 3.63) is 485 Å². The Kier molecular flexibility index (Phi) is 18.2.